The lowest BCUT2D eigenvalue weighted by Gasteiger charge is -2.24. The van der Waals surface area contributed by atoms with Crippen molar-refractivity contribution in [3.05, 3.63) is 34.9 Å². The zero-order valence-corrected chi connectivity index (χ0v) is 12.9. The van der Waals surface area contributed by atoms with Crippen LogP contribution in [0.2, 0.25) is 5.02 Å². The van der Waals surface area contributed by atoms with Gasteiger partial charge in [-0.15, -0.1) is 0 Å². The Morgan fingerprint density at radius 1 is 1.30 bits per heavy atom. The molecule has 0 aliphatic heterocycles. The molecule has 0 radical (unpaired) electrons. The highest BCUT2D eigenvalue weighted by Crippen LogP contribution is 2.12. The highest BCUT2D eigenvalue weighted by molar-refractivity contribution is 6.30. The number of carbonyl (C=O) groups is 1. The predicted molar refractivity (Wildman–Crippen MR) is 79.6 cm³/mol. The monoisotopic (exact) mass is 299 g/mol. The first-order valence-electron chi connectivity index (χ1n) is 6.71. The summed E-state index contributed by atoms with van der Waals surface area (Å²) in [6, 6.07) is 6.97. The second-order valence-corrected chi connectivity index (χ2v) is 5.53. The van der Waals surface area contributed by atoms with Crippen LogP contribution >= 0.6 is 11.6 Å². The maximum atomic E-state index is 11.6. The lowest BCUT2D eigenvalue weighted by molar-refractivity contribution is -0.126. The van der Waals surface area contributed by atoms with E-state index in [0.717, 1.165) is 5.56 Å². The van der Waals surface area contributed by atoms with Crippen molar-refractivity contribution in [2.24, 2.45) is 5.92 Å². The van der Waals surface area contributed by atoms with Gasteiger partial charge in [0.25, 0.3) is 0 Å². The number of aliphatic hydroxyl groups is 1. The van der Waals surface area contributed by atoms with Gasteiger partial charge >= 0.3 is 0 Å². The molecule has 0 aliphatic carbocycles. The number of amides is 1. The minimum absolute atomic E-state index is 0.0917. The van der Waals surface area contributed by atoms with Crippen LogP contribution < -0.4 is 5.32 Å². The fourth-order valence-corrected chi connectivity index (χ4v) is 1.71. The molecule has 5 heteroatoms. The smallest absolute Gasteiger partial charge is 0.222 e. The van der Waals surface area contributed by atoms with Crippen LogP contribution in [-0.4, -0.2) is 29.8 Å². The van der Waals surface area contributed by atoms with Crippen molar-refractivity contribution in [2.75, 3.05) is 6.61 Å². The van der Waals surface area contributed by atoms with E-state index in [0.29, 0.717) is 11.6 Å². The van der Waals surface area contributed by atoms with Crippen LogP contribution in [0.5, 0.6) is 0 Å². The van der Waals surface area contributed by atoms with Gasteiger partial charge in [-0.1, -0.05) is 37.6 Å². The number of benzene rings is 1. The van der Waals surface area contributed by atoms with Gasteiger partial charge in [0, 0.05) is 10.9 Å². The van der Waals surface area contributed by atoms with Gasteiger partial charge in [0.2, 0.25) is 5.91 Å². The normalized spacial score (nSPS) is 14.1. The highest BCUT2D eigenvalue weighted by Gasteiger charge is 2.20. The highest BCUT2D eigenvalue weighted by atomic mass is 35.5. The molecule has 2 N–H and O–H groups in total. The minimum Gasteiger partial charge on any atom is -0.394 e. The van der Waals surface area contributed by atoms with Gasteiger partial charge in [-0.3, -0.25) is 4.79 Å². The van der Waals surface area contributed by atoms with Gasteiger partial charge in [0.05, 0.1) is 25.4 Å². The van der Waals surface area contributed by atoms with Crippen LogP contribution in [0, 0.1) is 5.92 Å². The predicted octanol–water partition coefficient (Wildman–Crippen LogP) is 2.38. The molecule has 4 nitrogen and oxygen atoms in total. The lowest BCUT2D eigenvalue weighted by Crippen LogP contribution is -2.47. The first-order valence-corrected chi connectivity index (χ1v) is 7.09. The van der Waals surface area contributed by atoms with Gasteiger partial charge < -0.3 is 15.2 Å². The molecule has 0 spiro atoms. The number of halogens is 1. The molecule has 1 amide bonds. The van der Waals surface area contributed by atoms with Gasteiger partial charge in [-0.2, -0.15) is 0 Å². The summed E-state index contributed by atoms with van der Waals surface area (Å²) in [7, 11) is 0. The van der Waals surface area contributed by atoms with Gasteiger partial charge in [-0.05, 0) is 24.6 Å². The van der Waals surface area contributed by atoms with E-state index in [-0.39, 0.29) is 24.5 Å². The van der Waals surface area contributed by atoms with Crippen LogP contribution in [-0.2, 0) is 16.1 Å². The summed E-state index contributed by atoms with van der Waals surface area (Å²) >= 11 is 5.81. The number of carbonyl (C=O) groups excluding carboxylic acids is 1. The number of ether oxygens (including phenoxy) is 1. The fourth-order valence-electron chi connectivity index (χ4n) is 1.59. The Hall–Kier alpha value is -1.10. The second kappa shape index (κ2) is 8.25. The SMILES string of the molecule is CC(C)C(=O)NC(CO)C(C)OCc1ccc(Cl)cc1. The quantitative estimate of drug-likeness (QED) is 0.813. The summed E-state index contributed by atoms with van der Waals surface area (Å²) in [4.78, 5) is 11.6. The molecule has 0 bridgehead atoms. The zero-order chi connectivity index (χ0) is 15.1. The summed E-state index contributed by atoms with van der Waals surface area (Å²) in [6.45, 7) is 5.70. The van der Waals surface area contributed by atoms with Crippen molar-refractivity contribution >= 4 is 17.5 Å². The molecule has 0 aliphatic rings. The fraction of sp³-hybridized carbons (Fsp3) is 0.533. The van der Waals surface area contributed by atoms with Crippen LogP contribution in [0.25, 0.3) is 0 Å². The first kappa shape index (κ1) is 17.0. The molecule has 0 saturated heterocycles. The molecule has 0 saturated carbocycles. The van der Waals surface area contributed by atoms with E-state index < -0.39 is 6.04 Å². The van der Waals surface area contributed by atoms with Crippen molar-refractivity contribution in [3.63, 3.8) is 0 Å². The Balaban J connectivity index is 2.48. The van der Waals surface area contributed by atoms with E-state index in [1.807, 2.05) is 32.9 Å². The Morgan fingerprint density at radius 3 is 2.40 bits per heavy atom. The van der Waals surface area contributed by atoms with Crippen LogP contribution in [0.3, 0.4) is 0 Å². The van der Waals surface area contributed by atoms with Crippen LogP contribution in [0.1, 0.15) is 26.3 Å². The molecular formula is C15H22ClNO3. The molecule has 20 heavy (non-hydrogen) atoms. The molecule has 2 unspecified atom stereocenters. The van der Waals surface area contributed by atoms with Gasteiger partial charge in [-0.25, -0.2) is 0 Å². The molecule has 2 atom stereocenters. The summed E-state index contributed by atoms with van der Waals surface area (Å²) in [5, 5.41) is 12.8. The van der Waals surface area contributed by atoms with Crippen molar-refractivity contribution in [2.45, 2.75) is 39.5 Å². The third-order valence-electron chi connectivity index (χ3n) is 3.04. The molecule has 0 fully saturated rings. The zero-order valence-electron chi connectivity index (χ0n) is 12.1. The van der Waals surface area contributed by atoms with Crippen LogP contribution in [0.4, 0.5) is 0 Å². The van der Waals surface area contributed by atoms with Crippen molar-refractivity contribution in [1.29, 1.82) is 0 Å². The van der Waals surface area contributed by atoms with E-state index in [2.05, 4.69) is 5.32 Å². The van der Waals surface area contributed by atoms with E-state index in [9.17, 15) is 9.90 Å². The maximum Gasteiger partial charge on any atom is 0.222 e. The molecular weight excluding hydrogens is 278 g/mol. The van der Waals surface area contributed by atoms with E-state index in [4.69, 9.17) is 16.3 Å². The average molecular weight is 300 g/mol. The third-order valence-corrected chi connectivity index (χ3v) is 3.29. The minimum atomic E-state index is -0.405. The summed E-state index contributed by atoms with van der Waals surface area (Å²) in [6.07, 6.45) is -0.279. The standard InChI is InChI=1S/C15H22ClNO3/c1-10(2)15(19)17-14(8-18)11(3)20-9-12-4-6-13(16)7-5-12/h4-7,10-11,14,18H,8-9H2,1-3H3,(H,17,19). The lowest BCUT2D eigenvalue weighted by atomic mass is 10.1. The molecule has 112 valence electrons. The molecule has 0 aromatic heterocycles. The van der Waals surface area contributed by atoms with Crippen molar-refractivity contribution in [1.82, 2.24) is 5.32 Å². The Bertz CT molecular complexity index is 420. The maximum absolute atomic E-state index is 11.6. The van der Waals surface area contributed by atoms with Gasteiger partial charge in [0.15, 0.2) is 0 Å². The number of rotatable bonds is 7. The molecule has 1 aromatic carbocycles. The average Bonchev–Trinajstić information content (AvgIpc) is 2.43. The van der Waals surface area contributed by atoms with E-state index >= 15 is 0 Å². The van der Waals surface area contributed by atoms with Crippen molar-refractivity contribution < 1.29 is 14.6 Å². The number of hydrogen-bond donors (Lipinski definition) is 2. The van der Waals surface area contributed by atoms with E-state index in [1.54, 1.807) is 12.1 Å². The summed E-state index contributed by atoms with van der Waals surface area (Å²) < 4.78 is 5.68. The molecule has 1 rings (SSSR count). The summed E-state index contributed by atoms with van der Waals surface area (Å²) in [5.41, 5.74) is 0.994. The number of nitrogens with one attached hydrogen (secondary N) is 1. The molecule has 1 aromatic rings. The Morgan fingerprint density at radius 2 is 1.90 bits per heavy atom. The Labute approximate surface area is 125 Å². The number of aliphatic hydroxyl groups excluding tert-OH is 1. The van der Waals surface area contributed by atoms with E-state index in [1.165, 1.54) is 0 Å². The largest absolute Gasteiger partial charge is 0.394 e. The number of hydrogen-bond acceptors (Lipinski definition) is 3. The Kier molecular flexibility index (Phi) is 6.99. The van der Waals surface area contributed by atoms with Gasteiger partial charge in [0.1, 0.15) is 0 Å². The first-order chi connectivity index (χ1) is 9.43. The molecule has 0 heterocycles. The van der Waals surface area contributed by atoms with Crippen molar-refractivity contribution in [3.8, 4) is 0 Å². The second-order valence-electron chi connectivity index (χ2n) is 5.09. The summed E-state index contributed by atoms with van der Waals surface area (Å²) in [5.74, 6) is -0.210. The van der Waals surface area contributed by atoms with Crippen LogP contribution in [0.15, 0.2) is 24.3 Å². The topological polar surface area (TPSA) is 58.6 Å². The third kappa shape index (κ3) is 5.49.